The molecule has 0 saturated heterocycles. The lowest BCUT2D eigenvalue weighted by Gasteiger charge is -1.99. The summed E-state index contributed by atoms with van der Waals surface area (Å²) in [6.45, 7) is 0. The third kappa shape index (κ3) is 1.42. The van der Waals surface area contributed by atoms with Crippen LogP contribution in [0.5, 0.6) is 11.9 Å². The van der Waals surface area contributed by atoms with Crippen LogP contribution in [0, 0.1) is 0 Å². The molecule has 66 valence electrons. The van der Waals surface area contributed by atoms with Gasteiger partial charge < -0.3 is 10.2 Å². The van der Waals surface area contributed by atoms with E-state index in [0.717, 1.165) is 4.47 Å². The Hall–Kier alpha value is -1.36. The molecule has 4 nitrogen and oxygen atoms in total. The lowest BCUT2D eigenvalue weighted by atomic mass is 10.2. The van der Waals surface area contributed by atoms with E-state index in [1.54, 1.807) is 18.2 Å². The highest BCUT2D eigenvalue weighted by atomic mass is 79.9. The van der Waals surface area contributed by atoms with Crippen LogP contribution in [0.4, 0.5) is 0 Å². The second kappa shape index (κ2) is 2.85. The Bertz CT molecular complexity index is 468. The van der Waals surface area contributed by atoms with Crippen molar-refractivity contribution in [1.29, 1.82) is 0 Å². The molecular weight excluding hydrogens is 236 g/mol. The van der Waals surface area contributed by atoms with Crippen molar-refractivity contribution in [3.63, 3.8) is 0 Å². The Morgan fingerprint density at radius 3 is 2.69 bits per heavy atom. The summed E-state index contributed by atoms with van der Waals surface area (Å²) in [6, 6.07) is 4.70. The summed E-state index contributed by atoms with van der Waals surface area (Å²) in [5.74, 6) is -0.213. The average molecular weight is 241 g/mol. The average Bonchev–Trinajstić information content (AvgIpc) is 2.02. The molecule has 0 fully saturated rings. The Kier molecular flexibility index (Phi) is 1.81. The first kappa shape index (κ1) is 8.25. The molecule has 0 aliphatic heterocycles. The molecule has 0 amide bonds. The number of rotatable bonds is 0. The Morgan fingerprint density at radius 1 is 1.15 bits per heavy atom. The van der Waals surface area contributed by atoms with E-state index in [2.05, 4.69) is 25.9 Å². The zero-order chi connectivity index (χ0) is 9.42. The van der Waals surface area contributed by atoms with Crippen molar-refractivity contribution in [3.8, 4) is 11.9 Å². The summed E-state index contributed by atoms with van der Waals surface area (Å²) in [4.78, 5) is 7.17. The van der Waals surface area contributed by atoms with E-state index in [1.165, 1.54) is 0 Å². The largest absolute Gasteiger partial charge is 0.493 e. The predicted molar refractivity (Wildman–Crippen MR) is 50.6 cm³/mol. The van der Waals surface area contributed by atoms with Crippen LogP contribution in [-0.2, 0) is 0 Å². The predicted octanol–water partition coefficient (Wildman–Crippen LogP) is 1.80. The summed E-state index contributed by atoms with van der Waals surface area (Å²) >= 11 is 3.26. The number of aromatic hydroxyl groups is 2. The van der Waals surface area contributed by atoms with Gasteiger partial charge in [0.25, 0.3) is 0 Å². The first-order valence-corrected chi connectivity index (χ1v) is 4.31. The van der Waals surface area contributed by atoms with E-state index in [1.807, 2.05) is 0 Å². The molecule has 0 saturated carbocycles. The summed E-state index contributed by atoms with van der Waals surface area (Å²) in [5, 5.41) is 18.8. The molecule has 13 heavy (non-hydrogen) atoms. The summed E-state index contributed by atoms with van der Waals surface area (Å²) in [5.41, 5.74) is 0.499. The Labute approximate surface area is 82.0 Å². The molecule has 2 aromatic rings. The van der Waals surface area contributed by atoms with Crippen molar-refractivity contribution in [2.75, 3.05) is 0 Å². The number of hydrogen-bond acceptors (Lipinski definition) is 4. The van der Waals surface area contributed by atoms with Crippen LogP contribution in [0.15, 0.2) is 22.7 Å². The fourth-order valence-electron chi connectivity index (χ4n) is 1.07. The lowest BCUT2D eigenvalue weighted by Crippen LogP contribution is -1.84. The summed E-state index contributed by atoms with van der Waals surface area (Å²) in [7, 11) is 0. The molecule has 0 unspecified atom stereocenters. The van der Waals surface area contributed by atoms with Crippen molar-refractivity contribution < 1.29 is 10.2 Å². The van der Waals surface area contributed by atoms with Gasteiger partial charge in [-0.1, -0.05) is 15.9 Å². The summed E-state index contributed by atoms with van der Waals surface area (Å²) in [6.07, 6.45) is 0. The maximum absolute atomic E-state index is 9.32. The van der Waals surface area contributed by atoms with E-state index in [0.29, 0.717) is 10.9 Å². The van der Waals surface area contributed by atoms with Gasteiger partial charge >= 0.3 is 6.01 Å². The highest BCUT2D eigenvalue weighted by Crippen LogP contribution is 2.25. The second-order valence-corrected chi connectivity index (χ2v) is 3.42. The smallest absolute Gasteiger partial charge is 0.317 e. The van der Waals surface area contributed by atoms with Gasteiger partial charge in [0, 0.05) is 4.47 Å². The molecule has 0 bridgehead atoms. The first-order valence-electron chi connectivity index (χ1n) is 3.52. The highest BCUT2D eigenvalue weighted by Gasteiger charge is 2.05. The molecule has 2 N–H and O–H groups in total. The molecule has 1 heterocycles. The maximum Gasteiger partial charge on any atom is 0.317 e. The molecule has 1 aromatic carbocycles. The van der Waals surface area contributed by atoms with Crippen LogP contribution in [0.25, 0.3) is 10.9 Å². The molecule has 5 heteroatoms. The van der Waals surface area contributed by atoms with Crippen molar-refractivity contribution in [3.05, 3.63) is 22.7 Å². The minimum absolute atomic E-state index is 0.213. The Morgan fingerprint density at radius 2 is 1.92 bits per heavy atom. The van der Waals surface area contributed by atoms with Crippen LogP contribution in [-0.4, -0.2) is 20.2 Å². The van der Waals surface area contributed by atoms with Gasteiger partial charge in [-0.3, -0.25) is 0 Å². The molecule has 0 atom stereocenters. The van der Waals surface area contributed by atoms with Crippen molar-refractivity contribution in [2.45, 2.75) is 0 Å². The van der Waals surface area contributed by atoms with Gasteiger partial charge in [-0.05, 0) is 18.2 Å². The van der Waals surface area contributed by atoms with Crippen LogP contribution < -0.4 is 0 Å². The number of fused-ring (bicyclic) bond motifs is 1. The maximum atomic E-state index is 9.32. The zero-order valence-electron chi connectivity index (χ0n) is 6.40. The van der Waals surface area contributed by atoms with E-state index in [9.17, 15) is 5.11 Å². The van der Waals surface area contributed by atoms with Gasteiger partial charge in [0.05, 0.1) is 10.9 Å². The molecule has 0 aliphatic carbocycles. The molecule has 2 rings (SSSR count). The minimum atomic E-state index is -0.428. The third-order valence-electron chi connectivity index (χ3n) is 1.63. The zero-order valence-corrected chi connectivity index (χ0v) is 7.98. The Balaban J connectivity index is 2.86. The van der Waals surface area contributed by atoms with E-state index in [-0.39, 0.29) is 5.88 Å². The fraction of sp³-hybridized carbons (Fsp3) is 0. The standard InChI is InChI=1S/C8H5BrN2O2/c9-4-1-2-5-6(3-4)10-8(13)11-7(5)12/h1-3H,(H2,10,11,12,13). The number of hydrogen-bond donors (Lipinski definition) is 2. The third-order valence-corrected chi connectivity index (χ3v) is 2.12. The monoisotopic (exact) mass is 240 g/mol. The van der Waals surface area contributed by atoms with Crippen LogP contribution in [0.2, 0.25) is 0 Å². The van der Waals surface area contributed by atoms with Gasteiger partial charge in [-0.2, -0.15) is 9.97 Å². The number of nitrogens with zero attached hydrogens (tertiary/aromatic N) is 2. The van der Waals surface area contributed by atoms with Crippen molar-refractivity contribution >= 4 is 26.8 Å². The second-order valence-electron chi connectivity index (χ2n) is 2.51. The van der Waals surface area contributed by atoms with Crippen LogP contribution >= 0.6 is 15.9 Å². The van der Waals surface area contributed by atoms with Gasteiger partial charge in [0.1, 0.15) is 0 Å². The van der Waals surface area contributed by atoms with Gasteiger partial charge in [-0.15, -0.1) is 0 Å². The van der Waals surface area contributed by atoms with Gasteiger partial charge in [-0.25, -0.2) is 0 Å². The molecular formula is C8H5BrN2O2. The number of benzene rings is 1. The SMILES string of the molecule is Oc1nc(O)c2ccc(Br)cc2n1. The summed E-state index contributed by atoms with van der Waals surface area (Å²) < 4.78 is 0.831. The van der Waals surface area contributed by atoms with Crippen LogP contribution in [0.1, 0.15) is 0 Å². The number of aromatic nitrogens is 2. The van der Waals surface area contributed by atoms with Gasteiger partial charge in [0.15, 0.2) is 0 Å². The molecule has 0 spiro atoms. The fourth-order valence-corrected chi connectivity index (χ4v) is 1.42. The van der Waals surface area contributed by atoms with E-state index >= 15 is 0 Å². The first-order chi connectivity index (χ1) is 6.16. The van der Waals surface area contributed by atoms with Crippen LogP contribution in [0.3, 0.4) is 0 Å². The quantitative estimate of drug-likeness (QED) is 0.738. The van der Waals surface area contributed by atoms with Crippen molar-refractivity contribution in [1.82, 2.24) is 9.97 Å². The van der Waals surface area contributed by atoms with E-state index in [4.69, 9.17) is 5.11 Å². The molecule has 1 aromatic heterocycles. The van der Waals surface area contributed by atoms with E-state index < -0.39 is 6.01 Å². The lowest BCUT2D eigenvalue weighted by molar-refractivity contribution is 0.403. The topological polar surface area (TPSA) is 66.2 Å². The molecule has 0 radical (unpaired) electrons. The normalized spacial score (nSPS) is 10.5. The highest BCUT2D eigenvalue weighted by molar-refractivity contribution is 9.10. The minimum Gasteiger partial charge on any atom is -0.493 e. The van der Waals surface area contributed by atoms with Gasteiger partial charge in [0.2, 0.25) is 5.88 Å². The molecule has 0 aliphatic rings. The van der Waals surface area contributed by atoms with Crippen molar-refractivity contribution in [2.24, 2.45) is 0 Å². The number of halogens is 1.